The molecule has 0 bridgehead atoms. The zero-order chi connectivity index (χ0) is 22.7. The van der Waals surface area contributed by atoms with Crippen molar-refractivity contribution in [2.45, 2.75) is 52.4 Å². The summed E-state index contributed by atoms with van der Waals surface area (Å²) in [6.45, 7) is 7.11. The van der Waals surface area contributed by atoms with E-state index < -0.39 is 0 Å². The molecule has 0 aliphatic carbocycles. The highest BCUT2D eigenvalue weighted by molar-refractivity contribution is 5.98. The number of likely N-dealkylation sites (tertiary alicyclic amines) is 1. The maximum atomic E-state index is 12.6. The number of carbonyl (C=O) groups excluding carboxylic acids is 2. The first-order valence-corrected chi connectivity index (χ1v) is 10.9. The Labute approximate surface area is 187 Å². The minimum Gasteiger partial charge on any atom is -0.343 e. The van der Waals surface area contributed by atoms with Gasteiger partial charge in [-0.2, -0.15) is 4.98 Å². The van der Waals surface area contributed by atoms with E-state index in [0.717, 1.165) is 29.7 Å². The van der Waals surface area contributed by atoms with Crippen molar-refractivity contribution in [2.75, 3.05) is 13.1 Å². The van der Waals surface area contributed by atoms with Crippen LogP contribution in [0.25, 0.3) is 11.6 Å². The Hall–Kier alpha value is -3.42. The molecule has 0 spiro atoms. The number of aryl methyl sites for hydroxylation is 3. The lowest BCUT2D eigenvalue weighted by Gasteiger charge is -2.30. The second-order valence-electron chi connectivity index (χ2n) is 8.38. The van der Waals surface area contributed by atoms with Gasteiger partial charge in [-0.3, -0.25) is 14.6 Å². The molecular weight excluding hydrogens is 406 g/mol. The molecule has 1 aromatic carbocycles. The number of nitrogens with zero attached hydrogens (tertiary/aromatic N) is 5. The largest absolute Gasteiger partial charge is 0.343 e. The Morgan fingerprint density at radius 1 is 1.03 bits per heavy atom. The molecule has 1 aliphatic rings. The molecule has 8 heteroatoms. The summed E-state index contributed by atoms with van der Waals surface area (Å²) in [4.78, 5) is 39.9. The predicted octanol–water partition coefficient (Wildman–Crippen LogP) is 3.82. The fraction of sp³-hybridized carbons (Fsp3) is 0.417. The fourth-order valence-electron chi connectivity index (χ4n) is 3.83. The van der Waals surface area contributed by atoms with Gasteiger partial charge in [-0.15, -0.1) is 0 Å². The number of hydrogen-bond donors (Lipinski definition) is 0. The monoisotopic (exact) mass is 433 g/mol. The first kappa shape index (κ1) is 21.8. The van der Waals surface area contributed by atoms with Gasteiger partial charge in [0.15, 0.2) is 11.6 Å². The molecule has 8 nitrogen and oxygen atoms in total. The van der Waals surface area contributed by atoms with E-state index in [1.165, 1.54) is 0 Å². The number of benzene rings is 1. The number of hydrogen-bond acceptors (Lipinski definition) is 7. The summed E-state index contributed by atoms with van der Waals surface area (Å²) in [6, 6.07) is 5.68. The van der Waals surface area contributed by atoms with E-state index >= 15 is 0 Å². The van der Waals surface area contributed by atoms with Gasteiger partial charge in [0.2, 0.25) is 5.91 Å². The van der Waals surface area contributed by atoms with E-state index in [9.17, 15) is 9.59 Å². The van der Waals surface area contributed by atoms with Crippen molar-refractivity contribution in [3.63, 3.8) is 0 Å². The van der Waals surface area contributed by atoms with E-state index in [2.05, 4.69) is 20.1 Å². The third-order valence-electron chi connectivity index (χ3n) is 6.05. The molecule has 0 radical (unpaired) electrons. The zero-order valence-corrected chi connectivity index (χ0v) is 18.7. The van der Waals surface area contributed by atoms with Crippen molar-refractivity contribution in [1.29, 1.82) is 0 Å². The predicted molar refractivity (Wildman–Crippen MR) is 118 cm³/mol. The number of carbonyl (C=O) groups is 2. The van der Waals surface area contributed by atoms with Gasteiger partial charge in [-0.1, -0.05) is 17.3 Å². The maximum Gasteiger partial charge on any atom is 0.278 e. The summed E-state index contributed by atoms with van der Waals surface area (Å²) in [7, 11) is 0. The molecule has 0 unspecified atom stereocenters. The van der Waals surface area contributed by atoms with Crippen LogP contribution in [0.5, 0.6) is 0 Å². The lowest BCUT2D eigenvalue weighted by atomic mass is 9.95. The molecule has 1 amide bonds. The van der Waals surface area contributed by atoms with E-state index in [1.807, 2.05) is 43.9 Å². The first-order valence-electron chi connectivity index (χ1n) is 10.9. The molecular formula is C24H27N5O3. The molecule has 1 aliphatic heterocycles. The van der Waals surface area contributed by atoms with Crippen molar-refractivity contribution >= 4 is 11.7 Å². The van der Waals surface area contributed by atoms with Gasteiger partial charge < -0.3 is 9.42 Å². The summed E-state index contributed by atoms with van der Waals surface area (Å²) in [6.07, 6.45) is 5.26. The number of amides is 1. The second-order valence-corrected chi connectivity index (χ2v) is 8.38. The number of piperidine rings is 1. The van der Waals surface area contributed by atoms with Gasteiger partial charge in [-0.05, 0) is 50.8 Å². The summed E-state index contributed by atoms with van der Waals surface area (Å²) in [5, 5.41) is 4.11. The van der Waals surface area contributed by atoms with Crippen molar-refractivity contribution in [2.24, 2.45) is 0 Å². The van der Waals surface area contributed by atoms with Crippen LogP contribution in [0.1, 0.15) is 64.6 Å². The standard InChI is InChI=1S/C24H27N5O3/c1-15-4-5-19(12-16(15)2)21(30)6-7-22(31)29-10-8-18(9-11-29)23-27-24(32-28-23)20-14-25-17(3)13-26-20/h4-5,12-14,18H,6-11H2,1-3H3. The minimum absolute atomic E-state index is 0.00914. The molecule has 3 heterocycles. The Morgan fingerprint density at radius 2 is 1.81 bits per heavy atom. The first-order chi connectivity index (χ1) is 15.4. The highest BCUT2D eigenvalue weighted by Gasteiger charge is 2.27. The topological polar surface area (TPSA) is 102 Å². The highest BCUT2D eigenvalue weighted by Crippen LogP contribution is 2.28. The van der Waals surface area contributed by atoms with E-state index in [0.29, 0.717) is 36.1 Å². The van der Waals surface area contributed by atoms with Crippen molar-refractivity contribution in [3.05, 3.63) is 58.8 Å². The highest BCUT2D eigenvalue weighted by atomic mass is 16.5. The van der Waals surface area contributed by atoms with Gasteiger partial charge in [0.05, 0.1) is 11.9 Å². The lowest BCUT2D eigenvalue weighted by molar-refractivity contribution is -0.132. The van der Waals surface area contributed by atoms with Gasteiger partial charge in [0, 0.05) is 43.6 Å². The molecule has 0 atom stereocenters. The van der Waals surface area contributed by atoms with Crippen LogP contribution in [-0.2, 0) is 4.79 Å². The average molecular weight is 434 g/mol. The Balaban J connectivity index is 1.28. The third-order valence-corrected chi connectivity index (χ3v) is 6.05. The van der Waals surface area contributed by atoms with Crippen LogP contribution in [0, 0.1) is 20.8 Å². The van der Waals surface area contributed by atoms with Crippen LogP contribution in [0.2, 0.25) is 0 Å². The Kier molecular flexibility index (Phi) is 6.39. The number of rotatable bonds is 6. The average Bonchev–Trinajstić information content (AvgIpc) is 3.30. The number of Topliss-reactive ketones (excluding diaryl/α,β-unsaturated/α-hetero) is 1. The third kappa shape index (κ3) is 4.90. The second kappa shape index (κ2) is 9.38. The van der Waals surface area contributed by atoms with E-state index in [-0.39, 0.29) is 30.4 Å². The quantitative estimate of drug-likeness (QED) is 0.545. The summed E-state index contributed by atoms with van der Waals surface area (Å²) in [5.74, 6) is 1.15. The smallest absolute Gasteiger partial charge is 0.278 e. The van der Waals surface area contributed by atoms with Crippen LogP contribution in [0.15, 0.2) is 35.1 Å². The summed E-state index contributed by atoms with van der Waals surface area (Å²) >= 11 is 0. The van der Waals surface area contributed by atoms with Gasteiger partial charge in [0.1, 0.15) is 5.69 Å². The van der Waals surface area contributed by atoms with Gasteiger partial charge >= 0.3 is 0 Å². The lowest BCUT2D eigenvalue weighted by Crippen LogP contribution is -2.38. The van der Waals surface area contributed by atoms with Crippen LogP contribution < -0.4 is 0 Å². The SMILES string of the molecule is Cc1cnc(-c2nc(C3CCN(C(=O)CCC(=O)c4ccc(C)c(C)c4)CC3)no2)cn1. The van der Waals surface area contributed by atoms with Crippen LogP contribution >= 0.6 is 0 Å². The molecule has 1 fully saturated rings. The molecule has 3 aromatic rings. The van der Waals surface area contributed by atoms with Crippen LogP contribution in [0.3, 0.4) is 0 Å². The van der Waals surface area contributed by atoms with Crippen molar-refractivity contribution < 1.29 is 14.1 Å². The molecule has 0 N–H and O–H groups in total. The maximum absolute atomic E-state index is 12.6. The molecule has 0 saturated carbocycles. The molecule has 166 valence electrons. The van der Waals surface area contributed by atoms with Crippen LogP contribution in [0.4, 0.5) is 0 Å². The minimum atomic E-state index is 0.00914. The van der Waals surface area contributed by atoms with E-state index in [4.69, 9.17) is 4.52 Å². The number of aromatic nitrogens is 4. The number of ketones is 1. The molecule has 2 aromatic heterocycles. The molecule has 32 heavy (non-hydrogen) atoms. The van der Waals surface area contributed by atoms with Crippen molar-refractivity contribution in [1.82, 2.24) is 25.0 Å². The van der Waals surface area contributed by atoms with Crippen molar-refractivity contribution in [3.8, 4) is 11.6 Å². The van der Waals surface area contributed by atoms with Gasteiger partial charge in [0.25, 0.3) is 5.89 Å². The van der Waals surface area contributed by atoms with Gasteiger partial charge in [-0.25, -0.2) is 4.98 Å². The normalized spacial score (nSPS) is 14.5. The fourth-order valence-corrected chi connectivity index (χ4v) is 3.83. The summed E-state index contributed by atoms with van der Waals surface area (Å²) in [5.41, 5.74) is 4.28. The Bertz CT molecular complexity index is 1110. The zero-order valence-electron chi connectivity index (χ0n) is 18.7. The Morgan fingerprint density at radius 3 is 2.50 bits per heavy atom. The van der Waals surface area contributed by atoms with E-state index in [1.54, 1.807) is 12.4 Å². The summed E-state index contributed by atoms with van der Waals surface area (Å²) < 4.78 is 5.36. The molecule has 4 rings (SSSR count). The molecule has 1 saturated heterocycles. The van der Waals surface area contributed by atoms with Crippen LogP contribution in [-0.4, -0.2) is 49.8 Å².